The summed E-state index contributed by atoms with van der Waals surface area (Å²) in [6.45, 7) is 4.67. The zero-order valence-corrected chi connectivity index (χ0v) is 19.1. The lowest BCUT2D eigenvalue weighted by Crippen LogP contribution is -2.36. The smallest absolute Gasteiger partial charge is 0.229 e. The first kappa shape index (κ1) is 21.9. The molecule has 1 saturated heterocycles. The number of hydrogen-bond donors (Lipinski definition) is 3. The van der Waals surface area contributed by atoms with Crippen molar-refractivity contribution < 1.29 is 9.53 Å². The van der Waals surface area contributed by atoms with E-state index in [1.807, 2.05) is 24.5 Å². The zero-order chi connectivity index (χ0) is 22.5. The minimum atomic E-state index is 0.210. The molecule has 0 unspecified atom stereocenters. The van der Waals surface area contributed by atoms with Crippen LogP contribution >= 0.6 is 0 Å². The molecule has 2 aromatic rings. The number of morpholine rings is 1. The Bertz CT molecular complexity index is 938. The Labute approximate surface area is 194 Å². The summed E-state index contributed by atoms with van der Waals surface area (Å²) in [6, 6.07) is 4.02. The number of nitrogens with one attached hydrogen (secondary N) is 3. The Kier molecular flexibility index (Phi) is 6.85. The van der Waals surface area contributed by atoms with Crippen LogP contribution in [0.2, 0.25) is 0 Å². The summed E-state index contributed by atoms with van der Waals surface area (Å²) >= 11 is 0. The first-order valence-corrected chi connectivity index (χ1v) is 12.2. The number of nitrogens with zero attached hydrogens (tertiary/aromatic N) is 4. The number of rotatable bonds is 10. The average molecular weight is 452 g/mol. The van der Waals surface area contributed by atoms with Gasteiger partial charge in [-0.05, 0) is 50.2 Å². The second-order valence-corrected chi connectivity index (χ2v) is 9.10. The largest absolute Gasteiger partial charge is 0.378 e. The molecule has 3 fully saturated rings. The Morgan fingerprint density at radius 3 is 2.61 bits per heavy atom. The molecule has 2 aromatic heterocycles. The highest BCUT2D eigenvalue weighted by molar-refractivity contribution is 5.79. The van der Waals surface area contributed by atoms with E-state index in [0.717, 1.165) is 69.4 Å². The van der Waals surface area contributed by atoms with E-state index in [0.29, 0.717) is 18.4 Å². The Morgan fingerprint density at radius 1 is 1.06 bits per heavy atom. The molecule has 1 amide bonds. The molecule has 0 aromatic carbocycles. The molecule has 3 heterocycles. The van der Waals surface area contributed by atoms with Crippen LogP contribution in [0.15, 0.2) is 24.5 Å². The van der Waals surface area contributed by atoms with Crippen LogP contribution in [0, 0.1) is 5.92 Å². The van der Waals surface area contributed by atoms with E-state index in [-0.39, 0.29) is 11.8 Å². The monoisotopic (exact) mass is 451 g/mol. The van der Waals surface area contributed by atoms with Crippen molar-refractivity contribution >= 4 is 29.2 Å². The molecule has 176 valence electrons. The number of anilines is 4. The van der Waals surface area contributed by atoms with Gasteiger partial charge in [0.05, 0.1) is 25.1 Å². The van der Waals surface area contributed by atoms with E-state index in [9.17, 15) is 4.79 Å². The van der Waals surface area contributed by atoms with Gasteiger partial charge >= 0.3 is 0 Å². The van der Waals surface area contributed by atoms with Crippen molar-refractivity contribution in [3.8, 4) is 0 Å². The van der Waals surface area contributed by atoms with Gasteiger partial charge in [-0.1, -0.05) is 6.42 Å². The van der Waals surface area contributed by atoms with Crippen molar-refractivity contribution in [1.82, 2.24) is 20.3 Å². The first-order valence-electron chi connectivity index (χ1n) is 12.2. The van der Waals surface area contributed by atoms with Crippen LogP contribution in [0.5, 0.6) is 0 Å². The summed E-state index contributed by atoms with van der Waals surface area (Å²) in [4.78, 5) is 28.1. The summed E-state index contributed by atoms with van der Waals surface area (Å²) in [5.41, 5.74) is 2.04. The van der Waals surface area contributed by atoms with E-state index in [1.165, 1.54) is 24.8 Å². The number of carbonyl (C=O) groups excluding carboxylic acids is 1. The summed E-state index contributed by atoms with van der Waals surface area (Å²) in [7, 11) is 0. The SMILES string of the molecule is O=C(NCCCNc1nc(Nc2ccc(N3CCOCC3)nc2)ncc1C1CC1)C1CCC1. The summed E-state index contributed by atoms with van der Waals surface area (Å²) in [5.74, 6) is 3.41. The standard InChI is InChI=1S/C24H33N7O2/c32-23(18-3-1-4-18)26-10-2-9-25-22-20(17-5-6-17)16-28-24(30-22)29-19-7-8-21(27-15-19)31-11-13-33-14-12-31/h7-8,15-18H,1-6,9-14H2,(H,26,32)(H2,25,28,29,30). The van der Waals surface area contributed by atoms with E-state index >= 15 is 0 Å². The normalized spacial score (nSPS) is 18.5. The molecule has 0 atom stereocenters. The maximum atomic E-state index is 12.0. The Hall–Kier alpha value is -2.94. The van der Waals surface area contributed by atoms with Gasteiger partial charge in [-0.25, -0.2) is 9.97 Å². The van der Waals surface area contributed by atoms with Crippen LogP contribution in [-0.4, -0.2) is 60.3 Å². The van der Waals surface area contributed by atoms with Crippen molar-refractivity contribution in [2.45, 2.75) is 44.4 Å². The average Bonchev–Trinajstić information content (AvgIpc) is 3.64. The lowest BCUT2D eigenvalue weighted by Gasteiger charge is -2.27. The summed E-state index contributed by atoms with van der Waals surface area (Å²) in [5, 5.41) is 9.80. The fourth-order valence-electron chi connectivity index (χ4n) is 4.18. The lowest BCUT2D eigenvalue weighted by molar-refractivity contribution is -0.127. The molecule has 2 aliphatic carbocycles. The fourth-order valence-corrected chi connectivity index (χ4v) is 4.18. The van der Waals surface area contributed by atoms with Crippen molar-refractivity contribution in [3.63, 3.8) is 0 Å². The van der Waals surface area contributed by atoms with Crippen molar-refractivity contribution in [2.24, 2.45) is 5.92 Å². The van der Waals surface area contributed by atoms with Gasteiger partial charge in [0, 0.05) is 43.9 Å². The molecule has 3 N–H and O–H groups in total. The molecule has 9 heteroatoms. The van der Waals surface area contributed by atoms with E-state index in [4.69, 9.17) is 9.72 Å². The molecule has 3 aliphatic rings. The van der Waals surface area contributed by atoms with Crippen LogP contribution in [0.25, 0.3) is 0 Å². The second-order valence-electron chi connectivity index (χ2n) is 9.10. The number of pyridine rings is 1. The van der Waals surface area contributed by atoms with Gasteiger partial charge in [0.15, 0.2) is 0 Å². The van der Waals surface area contributed by atoms with Crippen molar-refractivity contribution in [1.29, 1.82) is 0 Å². The zero-order valence-electron chi connectivity index (χ0n) is 19.1. The molecular weight excluding hydrogens is 418 g/mol. The van der Waals surface area contributed by atoms with E-state index in [2.05, 4.69) is 30.8 Å². The second kappa shape index (κ2) is 10.3. The van der Waals surface area contributed by atoms with Gasteiger partial charge in [-0.15, -0.1) is 0 Å². The molecule has 33 heavy (non-hydrogen) atoms. The van der Waals surface area contributed by atoms with Gasteiger partial charge in [-0.3, -0.25) is 4.79 Å². The highest BCUT2D eigenvalue weighted by Crippen LogP contribution is 2.42. The van der Waals surface area contributed by atoms with E-state index < -0.39 is 0 Å². The lowest BCUT2D eigenvalue weighted by atomic mass is 9.85. The number of hydrogen-bond acceptors (Lipinski definition) is 8. The molecule has 0 spiro atoms. The van der Waals surface area contributed by atoms with Crippen LogP contribution in [0.3, 0.4) is 0 Å². The van der Waals surface area contributed by atoms with Crippen molar-refractivity contribution in [3.05, 3.63) is 30.1 Å². The topological polar surface area (TPSA) is 104 Å². The molecule has 0 bridgehead atoms. The molecule has 9 nitrogen and oxygen atoms in total. The van der Waals surface area contributed by atoms with Crippen LogP contribution < -0.4 is 20.9 Å². The van der Waals surface area contributed by atoms with Gasteiger partial charge in [0.2, 0.25) is 11.9 Å². The minimum absolute atomic E-state index is 0.210. The van der Waals surface area contributed by atoms with Crippen molar-refractivity contribution in [2.75, 3.05) is 54.9 Å². The molecule has 2 saturated carbocycles. The minimum Gasteiger partial charge on any atom is -0.378 e. The highest BCUT2D eigenvalue weighted by Gasteiger charge is 2.28. The van der Waals surface area contributed by atoms with Gasteiger partial charge in [-0.2, -0.15) is 4.98 Å². The number of carbonyl (C=O) groups is 1. The molecule has 1 aliphatic heterocycles. The maximum absolute atomic E-state index is 12.0. The van der Waals surface area contributed by atoms with Crippen LogP contribution in [0.4, 0.5) is 23.3 Å². The molecular formula is C24H33N7O2. The summed E-state index contributed by atoms with van der Waals surface area (Å²) in [6.07, 6.45) is 10.3. The third-order valence-electron chi connectivity index (χ3n) is 6.59. The predicted octanol–water partition coefficient (Wildman–Crippen LogP) is 3.05. The summed E-state index contributed by atoms with van der Waals surface area (Å²) < 4.78 is 5.41. The van der Waals surface area contributed by atoms with Crippen LogP contribution in [0.1, 0.15) is 50.0 Å². The number of amides is 1. The molecule has 0 radical (unpaired) electrons. The fraction of sp³-hybridized carbons (Fsp3) is 0.583. The van der Waals surface area contributed by atoms with Gasteiger partial charge < -0.3 is 25.6 Å². The molecule has 5 rings (SSSR count). The third-order valence-corrected chi connectivity index (χ3v) is 6.59. The maximum Gasteiger partial charge on any atom is 0.229 e. The quantitative estimate of drug-likeness (QED) is 0.474. The first-order chi connectivity index (χ1) is 16.3. The van der Waals surface area contributed by atoms with Crippen LogP contribution in [-0.2, 0) is 9.53 Å². The third kappa shape index (κ3) is 5.71. The van der Waals surface area contributed by atoms with Gasteiger partial charge in [0.25, 0.3) is 0 Å². The van der Waals surface area contributed by atoms with E-state index in [1.54, 1.807) is 0 Å². The predicted molar refractivity (Wildman–Crippen MR) is 128 cm³/mol. The number of aromatic nitrogens is 3. The van der Waals surface area contributed by atoms with Gasteiger partial charge in [0.1, 0.15) is 11.6 Å². The highest BCUT2D eigenvalue weighted by atomic mass is 16.5. The Balaban J connectivity index is 1.15. The Morgan fingerprint density at radius 2 is 1.91 bits per heavy atom. The number of ether oxygens (including phenoxy) is 1.